The number of halogens is 3. The third-order valence-corrected chi connectivity index (χ3v) is 4.31. The van der Waals surface area contributed by atoms with Gasteiger partial charge >= 0.3 is 6.18 Å². The maximum atomic E-state index is 12.4. The fourth-order valence-electron chi connectivity index (χ4n) is 3.34. The van der Waals surface area contributed by atoms with Crippen LogP contribution in [-0.4, -0.2) is 31.9 Å². The summed E-state index contributed by atoms with van der Waals surface area (Å²) in [6.45, 7) is 2.87. The number of piperazine rings is 1. The number of rotatable bonds is 2. The van der Waals surface area contributed by atoms with E-state index in [9.17, 15) is 13.2 Å². The van der Waals surface area contributed by atoms with Crippen molar-refractivity contribution in [2.45, 2.75) is 37.9 Å². The fraction of sp³-hybridized carbons (Fsp3) is 0.600. The summed E-state index contributed by atoms with van der Waals surface area (Å²) >= 11 is 0. The summed E-state index contributed by atoms with van der Waals surface area (Å²) in [5.74, 6) is 0. The van der Waals surface area contributed by atoms with Crippen molar-refractivity contribution in [2.75, 3.05) is 24.5 Å². The molecule has 1 aromatic rings. The van der Waals surface area contributed by atoms with Gasteiger partial charge in [0.1, 0.15) is 0 Å². The summed E-state index contributed by atoms with van der Waals surface area (Å²) in [5, 5.41) is 3.38. The van der Waals surface area contributed by atoms with Crippen LogP contribution in [0.5, 0.6) is 0 Å². The topological polar surface area (TPSA) is 15.3 Å². The van der Waals surface area contributed by atoms with E-state index in [4.69, 9.17) is 0 Å². The largest absolute Gasteiger partial charge is 0.389 e. The van der Waals surface area contributed by atoms with Gasteiger partial charge in [-0.2, -0.15) is 13.2 Å². The van der Waals surface area contributed by atoms with Crippen LogP contribution in [0.25, 0.3) is 0 Å². The number of anilines is 1. The Morgan fingerprint density at radius 3 is 2.95 bits per heavy atom. The minimum atomic E-state index is -4.07. The van der Waals surface area contributed by atoms with Gasteiger partial charge in [-0.15, -0.1) is 0 Å². The second-order valence-corrected chi connectivity index (χ2v) is 5.62. The number of fused-ring (bicyclic) bond motifs is 3. The molecule has 1 saturated heterocycles. The summed E-state index contributed by atoms with van der Waals surface area (Å²) in [6, 6.07) is 6.31. The van der Waals surface area contributed by atoms with Gasteiger partial charge < -0.3 is 10.2 Å². The third kappa shape index (κ3) is 2.77. The lowest BCUT2D eigenvalue weighted by Crippen LogP contribution is -2.53. The highest BCUT2D eigenvalue weighted by Crippen LogP contribution is 2.35. The van der Waals surface area contributed by atoms with E-state index in [0.29, 0.717) is 6.04 Å². The molecule has 1 fully saturated rings. The minimum absolute atomic E-state index is 0.101. The Kier molecular flexibility index (Phi) is 3.63. The van der Waals surface area contributed by atoms with Crippen LogP contribution in [0, 0.1) is 0 Å². The molecule has 1 atom stereocenters. The molecule has 0 aromatic heterocycles. The normalized spacial score (nSPS) is 22.4. The van der Waals surface area contributed by atoms with Gasteiger partial charge in [0.15, 0.2) is 0 Å². The van der Waals surface area contributed by atoms with Crippen molar-refractivity contribution >= 4 is 5.69 Å². The Bertz CT molecular complexity index is 484. The van der Waals surface area contributed by atoms with Crippen LogP contribution >= 0.6 is 0 Å². The number of benzene rings is 1. The Hall–Kier alpha value is -1.23. The average molecular weight is 284 g/mol. The van der Waals surface area contributed by atoms with Crippen molar-refractivity contribution in [3.63, 3.8) is 0 Å². The first-order chi connectivity index (χ1) is 9.54. The zero-order chi connectivity index (χ0) is 14.2. The zero-order valence-electron chi connectivity index (χ0n) is 11.3. The van der Waals surface area contributed by atoms with Crippen molar-refractivity contribution < 1.29 is 13.2 Å². The van der Waals surface area contributed by atoms with E-state index >= 15 is 0 Å². The maximum absolute atomic E-state index is 12.4. The predicted molar refractivity (Wildman–Crippen MR) is 73.1 cm³/mol. The molecule has 2 heterocycles. The van der Waals surface area contributed by atoms with Crippen molar-refractivity contribution in [1.82, 2.24) is 5.32 Å². The second-order valence-electron chi connectivity index (χ2n) is 5.62. The van der Waals surface area contributed by atoms with Crippen LogP contribution in [0.3, 0.4) is 0 Å². The van der Waals surface area contributed by atoms with Gasteiger partial charge in [-0.25, -0.2) is 0 Å². The van der Waals surface area contributed by atoms with Gasteiger partial charge in [-0.3, -0.25) is 0 Å². The Morgan fingerprint density at radius 2 is 2.15 bits per heavy atom. The standard InChI is InChI=1S/C15H19F3N2/c16-15(17,18)7-6-11-2-1-3-14-13(11)5-4-12-10-19-8-9-20(12)14/h1-3,12,19H,4-10H2/t12-/m1/s1. The SMILES string of the molecule is FC(F)(F)CCc1cccc2c1CC[C@@H]1CNCCN21. The van der Waals surface area contributed by atoms with Crippen molar-refractivity contribution in [2.24, 2.45) is 0 Å². The quantitative estimate of drug-likeness (QED) is 0.898. The summed E-state index contributed by atoms with van der Waals surface area (Å²) < 4.78 is 37.3. The van der Waals surface area contributed by atoms with E-state index in [1.807, 2.05) is 12.1 Å². The Morgan fingerprint density at radius 1 is 1.30 bits per heavy atom. The number of alkyl halides is 3. The van der Waals surface area contributed by atoms with Crippen molar-refractivity contribution in [3.05, 3.63) is 29.3 Å². The summed E-state index contributed by atoms with van der Waals surface area (Å²) in [7, 11) is 0. The fourth-order valence-corrected chi connectivity index (χ4v) is 3.34. The molecular weight excluding hydrogens is 265 g/mol. The lowest BCUT2D eigenvalue weighted by atomic mass is 9.89. The molecule has 0 bridgehead atoms. The lowest BCUT2D eigenvalue weighted by molar-refractivity contribution is -0.134. The molecule has 0 amide bonds. The van der Waals surface area contributed by atoms with Gasteiger partial charge in [0.2, 0.25) is 0 Å². The smallest absolute Gasteiger partial charge is 0.366 e. The molecule has 3 rings (SSSR count). The lowest BCUT2D eigenvalue weighted by Gasteiger charge is -2.43. The third-order valence-electron chi connectivity index (χ3n) is 4.31. The van der Waals surface area contributed by atoms with E-state index in [-0.39, 0.29) is 6.42 Å². The maximum Gasteiger partial charge on any atom is 0.389 e. The molecule has 0 saturated carbocycles. The van der Waals surface area contributed by atoms with Crippen molar-refractivity contribution in [3.8, 4) is 0 Å². The molecule has 0 radical (unpaired) electrons. The molecule has 110 valence electrons. The van der Waals surface area contributed by atoms with Crippen molar-refractivity contribution in [1.29, 1.82) is 0 Å². The first-order valence-corrected chi connectivity index (χ1v) is 7.19. The number of hydrogen-bond donors (Lipinski definition) is 1. The summed E-state index contributed by atoms with van der Waals surface area (Å²) in [6.07, 6.45) is -2.78. The molecule has 2 aliphatic heterocycles. The molecule has 0 aliphatic carbocycles. The zero-order valence-corrected chi connectivity index (χ0v) is 11.3. The highest BCUT2D eigenvalue weighted by Gasteiger charge is 2.31. The van der Waals surface area contributed by atoms with E-state index in [0.717, 1.165) is 49.3 Å². The molecule has 2 nitrogen and oxygen atoms in total. The van der Waals surface area contributed by atoms with Crippen LogP contribution in [-0.2, 0) is 12.8 Å². The van der Waals surface area contributed by atoms with Crippen LogP contribution < -0.4 is 10.2 Å². The predicted octanol–water partition coefficient (Wildman–Crippen LogP) is 2.91. The first kappa shape index (κ1) is 13.7. The number of hydrogen-bond acceptors (Lipinski definition) is 2. The van der Waals surface area contributed by atoms with Crippen LogP contribution in [0.4, 0.5) is 18.9 Å². The average Bonchev–Trinajstić information content (AvgIpc) is 2.44. The number of nitrogens with zero attached hydrogens (tertiary/aromatic N) is 1. The van der Waals surface area contributed by atoms with Crippen LogP contribution in [0.1, 0.15) is 24.0 Å². The molecule has 0 spiro atoms. The molecule has 5 heteroatoms. The van der Waals surface area contributed by atoms with Crippen LogP contribution in [0.15, 0.2) is 18.2 Å². The Balaban J connectivity index is 1.84. The van der Waals surface area contributed by atoms with E-state index in [2.05, 4.69) is 16.3 Å². The van der Waals surface area contributed by atoms with E-state index < -0.39 is 12.6 Å². The first-order valence-electron chi connectivity index (χ1n) is 7.19. The monoisotopic (exact) mass is 284 g/mol. The van der Waals surface area contributed by atoms with Gasteiger partial charge in [0.05, 0.1) is 0 Å². The molecule has 0 unspecified atom stereocenters. The summed E-state index contributed by atoms with van der Waals surface area (Å²) in [5.41, 5.74) is 3.16. The van der Waals surface area contributed by atoms with E-state index in [1.165, 1.54) is 0 Å². The molecule has 1 N–H and O–H groups in total. The van der Waals surface area contributed by atoms with Gasteiger partial charge in [0.25, 0.3) is 0 Å². The second kappa shape index (κ2) is 5.28. The van der Waals surface area contributed by atoms with Gasteiger partial charge in [-0.1, -0.05) is 12.1 Å². The van der Waals surface area contributed by atoms with Crippen LogP contribution in [0.2, 0.25) is 0 Å². The summed E-state index contributed by atoms with van der Waals surface area (Å²) in [4.78, 5) is 2.37. The molecular formula is C15H19F3N2. The minimum Gasteiger partial charge on any atom is -0.366 e. The highest BCUT2D eigenvalue weighted by atomic mass is 19.4. The van der Waals surface area contributed by atoms with Gasteiger partial charge in [0, 0.05) is 37.8 Å². The number of nitrogens with one attached hydrogen (secondary N) is 1. The number of aryl methyl sites for hydroxylation is 1. The van der Waals surface area contributed by atoms with E-state index in [1.54, 1.807) is 0 Å². The molecule has 2 aliphatic rings. The van der Waals surface area contributed by atoms with Gasteiger partial charge in [-0.05, 0) is 36.5 Å². The molecule has 20 heavy (non-hydrogen) atoms. The molecule has 1 aromatic carbocycles. The Labute approximate surface area is 117 Å². The highest BCUT2D eigenvalue weighted by molar-refractivity contribution is 5.60.